The van der Waals surface area contributed by atoms with Crippen LogP contribution in [0.3, 0.4) is 0 Å². The number of benzene rings is 2. The minimum atomic E-state index is -0.458. The summed E-state index contributed by atoms with van der Waals surface area (Å²) in [4.78, 5) is 22.6. The fraction of sp³-hybridized carbons (Fsp3) is 0.188. The molecule has 1 amide bonds. The van der Waals surface area contributed by atoms with Gasteiger partial charge in [0.05, 0.1) is 11.5 Å². The molecular formula is C16H16N2O4. The highest BCUT2D eigenvalue weighted by molar-refractivity contribution is 5.94. The lowest BCUT2D eigenvalue weighted by atomic mass is 10.1. The van der Waals surface area contributed by atoms with Crippen LogP contribution >= 0.6 is 0 Å². The molecular weight excluding hydrogens is 284 g/mol. The molecule has 0 bridgehead atoms. The zero-order valence-corrected chi connectivity index (χ0v) is 12.1. The van der Waals surface area contributed by atoms with Crippen molar-refractivity contribution in [1.29, 1.82) is 0 Å². The summed E-state index contributed by atoms with van der Waals surface area (Å²) < 4.78 is 5.03. The summed E-state index contributed by atoms with van der Waals surface area (Å²) in [6.07, 6.45) is 0. The first kappa shape index (κ1) is 15.7. The van der Waals surface area contributed by atoms with Crippen LogP contribution in [0.2, 0.25) is 0 Å². The highest BCUT2D eigenvalue weighted by Gasteiger charge is 2.13. The van der Waals surface area contributed by atoms with Gasteiger partial charge in [-0.1, -0.05) is 30.3 Å². The SMILES string of the molecule is COCc1cccc(C(=O)NCc2ccccc2[N+](=O)[O-])c1. The lowest BCUT2D eigenvalue weighted by Gasteiger charge is -2.07. The second kappa shape index (κ2) is 7.33. The number of carbonyl (C=O) groups excluding carboxylic acids is 1. The van der Waals surface area contributed by atoms with Crippen LogP contribution < -0.4 is 5.32 Å². The number of para-hydroxylation sites is 1. The van der Waals surface area contributed by atoms with Crippen molar-refractivity contribution >= 4 is 11.6 Å². The van der Waals surface area contributed by atoms with E-state index in [2.05, 4.69) is 5.32 Å². The molecule has 0 aliphatic rings. The van der Waals surface area contributed by atoms with Gasteiger partial charge in [-0.3, -0.25) is 14.9 Å². The average molecular weight is 300 g/mol. The number of hydrogen-bond donors (Lipinski definition) is 1. The molecule has 2 aromatic carbocycles. The lowest BCUT2D eigenvalue weighted by molar-refractivity contribution is -0.385. The number of nitro groups is 1. The standard InChI is InChI=1S/C16H16N2O4/c1-22-11-12-5-4-7-13(9-12)16(19)17-10-14-6-2-3-8-15(14)18(20)21/h2-9H,10-11H2,1H3,(H,17,19). The summed E-state index contributed by atoms with van der Waals surface area (Å²) in [5.41, 5.74) is 1.85. The summed E-state index contributed by atoms with van der Waals surface area (Å²) >= 11 is 0. The molecule has 0 unspecified atom stereocenters. The Hall–Kier alpha value is -2.73. The van der Waals surface area contributed by atoms with Crippen LogP contribution in [0.5, 0.6) is 0 Å². The predicted octanol–water partition coefficient (Wildman–Crippen LogP) is 2.67. The molecule has 0 atom stereocenters. The molecule has 6 heteroatoms. The molecule has 0 saturated carbocycles. The topological polar surface area (TPSA) is 81.5 Å². The molecule has 0 fully saturated rings. The van der Waals surface area contributed by atoms with Gasteiger partial charge in [0.2, 0.25) is 0 Å². The van der Waals surface area contributed by atoms with Gasteiger partial charge in [-0.25, -0.2) is 0 Å². The summed E-state index contributed by atoms with van der Waals surface area (Å²) in [7, 11) is 1.58. The molecule has 0 saturated heterocycles. The number of carbonyl (C=O) groups is 1. The predicted molar refractivity (Wildman–Crippen MR) is 81.4 cm³/mol. The molecule has 1 N–H and O–H groups in total. The molecule has 2 aromatic rings. The number of hydrogen-bond acceptors (Lipinski definition) is 4. The molecule has 6 nitrogen and oxygen atoms in total. The van der Waals surface area contributed by atoms with Gasteiger partial charge in [-0.05, 0) is 17.7 Å². The van der Waals surface area contributed by atoms with Crippen molar-refractivity contribution in [2.45, 2.75) is 13.2 Å². The number of ether oxygens (including phenoxy) is 1. The third-order valence-electron chi connectivity index (χ3n) is 3.13. The van der Waals surface area contributed by atoms with Crippen LogP contribution in [-0.4, -0.2) is 17.9 Å². The van der Waals surface area contributed by atoms with Crippen molar-refractivity contribution in [2.75, 3.05) is 7.11 Å². The minimum absolute atomic E-state index is 0.00377. The van der Waals surface area contributed by atoms with Gasteiger partial charge in [-0.15, -0.1) is 0 Å². The van der Waals surface area contributed by atoms with Crippen LogP contribution in [-0.2, 0) is 17.9 Å². The third kappa shape index (κ3) is 3.89. The van der Waals surface area contributed by atoms with Gasteiger partial charge in [0, 0.05) is 30.8 Å². The van der Waals surface area contributed by atoms with E-state index < -0.39 is 4.92 Å². The fourth-order valence-electron chi connectivity index (χ4n) is 2.09. The Morgan fingerprint density at radius 3 is 2.73 bits per heavy atom. The van der Waals surface area contributed by atoms with Gasteiger partial charge in [0.25, 0.3) is 11.6 Å². The zero-order chi connectivity index (χ0) is 15.9. The van der Waals surface area contributed by atoms with Crippen LogP contribution in [0.25, 0.3) is 0 Å². The van der Waals surface area contributed by atoms with Gasteiger partial charge < -0.3 is 10.1 Å². The molecule has 0 spiro atoms. The highest BCUT2D eigenvalue weighted by Crippen LogP contribution is 2.17. The molecule has 0 aliphatic heterocycles. The molecule has 22 heavy (non-hydrogen) atoms. The molecule has 0 radical (unpaired) electrons. The Morgan fingerprint density at radius 1 is 1.23 bits per heavy atom. The van der Waals surface area contributed by atoms with Crippen molar-refractivity contribution in [3.8, 4) is 0 Å². The maximum atomic E-state index is 12.1. The third-order valence-corrected chi connectivity index (χ3v) is 3.13. The number of nitro benzene ring substituents is 1. The van der Waals surface area contributed by atoms with Crippen LogP contribution in [0, 0.1) is 10.1 Å². The zero-order valence-electron chi connectivity index (χ0n) is 12.1. The van der Waals surface area contributed by atoms with Crippen LogP contribution in [0.15, 0.2) is 48.5 Å². The first-order valence-corrected chi connectivity index (χ1v) is 6.70. The van der Waals surface area contributed by atoms with E-state index in [1.807, 2.05) is 6.07 Å². The Morgan fingerprint density at radius 2 is 2.00 bits per heavy atom. The van der Waals surface area contributed by atoms with E-state index in [9.17, 15) is 14.9 Å². The van der Waals surface area contributed by atoms with E-state index in [1.54, 1.807) is 43.5 Å². The van der Waals surface area contributed by atoms with E-state index in [0.29, 0.717) is 17.7 Å². The average Bonchev–Trinajstić information content (AvgIpc) is 2.53. The van der Waals surface area contributed by atoms with Crippen molar-refractivity contribution in [3.63, 3.8) is 0 Å². The summed E-state index contributed by atoms with van der Waals surface area (Å²) in [6, 6.07) is 13.4. The maximum Gasteiger partial charge on any atom is 0.274 e. The number of methoxy groups -OCH3 is 1. The second-order valence-electron chi connectivity index (χ2n) is 4.70. The first-order chi connectivity index (χ1) is 10.6. The normalized spacial score (nSPS) is 10.2. The Labute approximate surface area is 127 Å². The van der Waals surface area contributed by atoms with Crippen LogP contribution in [0.4, 0.5) is 5.69 Å². The van der Waals surface area contributed by atoms with Gasteiger partial charge in [0.1, 0.15) is 0 Å². The van der Waals surface area contributed by atoms with E-state index in [1.165, 1.54) is 6.07 Å². The van der Waals surface area contributed by atoms with E-state index in [0.717, 1.165) is 5.56 Å². The Bertz CT molecular complexity index is 685. The van der Waals surface area contributed by atoms with Gasteiger partial charge in [0.15, 0.2) is 0 Å². The summed E-state index contributed by atoms with van der Waals surface area (Å²) in [5, 5.41) is 13.6. The summed E-state index contributed by atoms with van der Waals surface area (Å²) in [5.74, 6) is -0.281. The number of rotatable bonds is 6. The summed E-state index contributed by atoms with van der Waals surface area (Å²) in [6.45, 7) is 0.524. The van der Waals surface area contributed by atoms with Crippen molar-refractivity contribution in [3.05, 3.63) is 75.3 Å². The van der Waals surface area contributed by atoms with Crippen molar-refractivity contribution in [1.82, 2.24) is 5.32 Å². The molecule has 2 rings (SSSR count). The van der Waals surface area contributed by atoms with E-state index >= 15 is 0 Å². The van der Waals surface area contributed by atoms with Crippen molar-refractivity contribution in [2.24, 2.45) is 0 Å². The molecule has 0 aromatic heterocycles. The monoisotopic (exact) mass is 300 g/mol. The second-order valence-corrected chi connectivity index (χ2v) is 4.70. The quantitative estimate of drug-likeness (QED) is 0.657. The van der Waals surface area contributed by atoms with E-state index in [4.69, 9.17) is 4.74 Å². The number of nitrogens with zero attached hydrogens (tertiary/aromatic N) is 1. The molecule has 0 heterocycles. The van der Waals surface area contributed by atoms with E-state index in [-0.39, 0.29) is 18.1 Å². The van der Waals surface area contributed by atoms with Gasteiger partial charge >= 0.3 is 0 Å². The van der Waals surface area contributed by atoms with Gasteiger partial charge in [-0.2, -0.15) is 0 Å². The lowest BCUT2D eigenvalue weighted by Crippen LogP contribution is -2.23. The Kier molecular flexibility index (Phi) is 5.21. The maximum absolute atomic E-state index is 12.1. The number of nitrogens with one attached hydrogen (secondary N) is 1. The largest absolute Gasteiger partial charge is 0.380 e. The van der Waals surface area contributed by atoms with Crippen molar-refractivity contribution < 1.29 is 14.5 Å². The number of amides is 1. The highest BCUT2D eigenvalue weighted by atomic mass is 16.6. The molecule has 114 valence electrons. The first-order valence-electron chi connectivity index (χ1n) is 6.70. The smallest absolute Gasteiger partial charge is 0.274 e. The Balaban J connectivity index is 2.07. The fourth-order valence-corrected chi connectivity index (χ4v) is 2.09. The minimum Gasteiger partial charge on any atom is -0.380 e. The van der Waals surface area contributed by atoms with Crippen LogP contribution in [0.1, 0.15) is 21.5 Å². The molecule has 0 aliphatic carbocycles.